The highest BCUT2D eigenvalue weighted by atomic mass is 79.9. The summed E-state index contributed by atoms with van der Waals surface area (Å²) < 4.78 is 6.10. The van der Waals surface area contributed by atoms with Crippen molar-refractivity contribution in [2.75, 3.05) is 6.54 Å². The van der Waals surface area contributed by atoms with E-state index < -0.39 is 0 Å². The van der Waals surface area contributed by atoms with Crippen LogP contribution < -0.4 is 5.73 Å². The van der Waals surface area contributed by atoms with Crippen molar-refractivity contribution in [3.05, 3.63) is 21.1 Å². The fourth-order valence-electron chi connectivity index (χ4n) is 1.04. The molecule has 0 radical (unpaired) electrons. The Morgan fingerprint density at radius 1 is 1.57 bits per heavy atom. The minimum atomic E-state index is 0.532. The molecule has 2 aromatic rings. The second-order valence-corrected chi connectivity index (χ2v) is 4.90. The van der Waals surface area contributed by atoms with E-state index in [-0.39, 0.29) is 0 Å². The lowest BCUT2D eigenvalue weighted by molar-refractivity contribution is 0.422. The zero-order valence-corrected chi connectivity index (χ0v) is 9.64. The van der Waals surface area contributed by atoms with E-state index >= 15 is 0 Å². The van der Waals surface area contributed by atoms with E-state index in [1.807, 2.05) is 11.4 Å². The monoisotopic (exact) mass is 273 g/mol. The first-order valence-corrected chi connectivity index (χ1v) is 5.74. The standard InChI is InChI=1S/C8H8BrN3OS/c9-7-5(2-4-14-7)8-11-6(1-3-10)12-13-8/h2,4H,1,3,10H2. The van der Waals surface area contributed by atoms with Gasteiger partial charge in [-0.15, -0.1) is 11.3 Å². The lowest BCUT2D eigenvalue weighted by atomic mass is 10.3. The van der Waals surface area contributed by atoms with Gasteiger partial charge in [0.15, 0.2) is 5.82 Å². The van der Waals surface area contributed by atoms with E-state index in [1.165, 1.54) is 0 Å². The Kier molecular flexibility index (Phi) is 2.95. The van der Waals surface area contributed by atoms with Crippen molar-refractivity contribution in [2.45, 2.75) is 6.42 Å². The second-order valence-electron chi connectivity index (χ2n) is 2.66. The average Bonchev–Trinajstić information content (AvgIpc) is 2.74. The van der Waals surface area contributed by atoms with Crippen molar-refractivity contribution in [1.29, 1.82) is 0 Å². The zero-order valence-electron chi connectivity index (χ0n) is 7.24. The van der Waals surface area contributed by atoms with Gasteiger partial charge in [0.2, 0.25) is 0 Å². The first-order valence-electron chi connectivity index (χ1n) is 4.07. The predicted molar refractivity (Wildman–Crippen MR) is 58.1 cm³/mol. The van der Waals surface area contributed by atoms with Gasteiger partial charge < -0.3 is 10.3 Å². The molecule has 6 heteroatoms. The highest BCUT2D eigenvalue weighted by Crippen LogP contribution is 2.31. The van der Waals surface area contributed by atoms with Crippen molar-refractivity contribution >= 4 is 27.3 Å². The van der Waals surface area contributed by atoms with Gasteiger partial charge in [-0.3, -0.25) is 0 Å². The van der Waals surface area contributed by atoms with Gasteiger partial charge in [0.05, 0.1) is 9.35 Å². The Labute approximate surface area is 93.3 Å². The number of rotatable bonds is 3. The van der Waals surface area contributed by atoms with Crippen LogP contribution in [0.4, 0.5) is 0 Å². The molecule has 0 unspecified atom stereocenters. The Morgan fingerprint density at radius 3 is 3.07 bits per heavy atom. The van der Waals surface area contributed by atoms with Crippen molar-refractivity contribution < 1.29 is 4.52 Å². The van der Waals surface area contributed by atoms with Crippen molar-refractivity contribution in [1.82, 2.24) is 10.1 Å². The molecule has 2 aromatic heterocycles. The molecule has 14 heavy (non-hydrogen) atoms. The van der Waals surface area contributed by atoms with E-state index in [9.17, 15) is 0 Å². The number of nitrogens with two attached hydrogens (primary N) is 1. The maximum absolute atomic E-state index is 5.39. The molecule has 4 nitrogen and oxygen atoms in total. The van der Waals surface area contributed by atoms with Crippen LogP contribution >= 0.6 is 27.3 Å². The van der Waals surface area contributed by atoms with Crippen LogP contribution in [-0.4, -0.2) is 16.7 Å². The maximum Gasteiger partial charge on any atom is 0.259 e. The highest BCUT2D eigenvalue weighted by Gasteiger charge is 2.11. The summed E-state index contributed by atoms with van der Waals surface area (Å²) in [7, 11) is 0. The molecule has 0 saturated heterocycles. The fourth-order valence-corrected chi connectivity index (χ4v) is 2.27. The largest absolute Gasteiger partial charge is 0.334 e. The third-order valence-corrected chi connectivity index (χ3v) is 3.37. The molecule has 2 heterocycles. The van der Waals surface area contributed by atoms with Crippen LogP contribution in [0.2, 0.25) is 0 Å². The second kappa shape index (κ2) is 4.20. The van der Waals surface area contributed by atoms with Crippen molar-refractivity contribution in [3.63, 3.8) is 0 Å². The lowest BCUT2D eigenvalue weighted by Gasteiger charge is -1.87. The van der Waals surface area contributed by atoms with Crippen molar-refractivity contribution in [2.24, 2.45) is 5.73 Å². The van der Waals surface area contributed by atoms with E-state index in [1.54, 1.807) is 11.3 Å². The summed E-state index contributed by atoms with van der Waals surface area (Å²) in [4.78, 5) is 4.22. The van der Waals surface area contributed by atoms with Gasteiger partial charge in [-0.2, -0.15) is 4.98 Å². The number of nitrogens with zero attached hydrogens (tertiary/aromatic N) is 2. The first-order chi connectivity index (χ1) is 6.81. The SMILES string of the molecule is NCCc1noc(-c2ccsc2Br)n1. The fraction of sp³-hybridized carbons (Fsp3) is 0.250. The van der Waals surface area contributed by atoms with E-state index in [2.05, 4.69) is 26.1 Å². The number of halogens is 1. The molecular weight excluding hydrogens is 266 g/mol. The van der Waals surface area contributed by atoms with Crippen LogP contribution in [0.15, 0.2) is 19.8 Å². The Hall–Kier alpha value is -0.720. The van der Waals surface area contributed by atoms with Crippen LogP contribution in [0.3, 0.4) is 0 Å². The molecule has 0 saturated carbocycles. The number of hydrogen-bond donors (Lipinski definition) is 1. The first kappa shape index (κ1) is 9.82. The van der Waals surface area contributed by atoms with Gasteiger partial charge in [-0.05, 0) is 33.9 Å². The van der Waals surface area contributed by atoms with Gasteiger partial charge in [0.25, 0.3) is 5.89 Å². The molecule has 2 N–H and O–H groups in total. The van der Waals surface area contributed by atoms with Crippen LogP contribution in [0.1, 0.15) is 5.82 Å². The molecule has 0 spiro atoms. The van der Waals surface area contributed by atoms with Crippen LogP contribution in [-0.2, 0) is 6.42 Å². The van der Waals surface area contributed by atoms with Gasteiger partial charge in [-0.1, -0.05) is 5.16 Å². The summed E-state index contributed by atoms with van der Waals surface area (Å²) in [5, 5.41) is 5.79. The molecule has 0 bridgehead atoms. The van der Waals surface area contributed by atoms with Crippen LogP contribution in [0.25, 0.3) is 11.5 Å². The zero-order chi connectivity index (χ0) is 9.97. The summed E-state index contributed by atoms with van der Waals surface area (Å²) in [6.45, 7) is 0.532. The Bertz CT molecular complexity index is 426. The lowest BCUT2D eigenvalue weighted by Crippen LogP contribution is -2.03. The van der Waals surface area contributed by atoms with Crippen LogP contribution in [0, 0.1) is 0 Å². The van der Waals surface area contributed by atoms with Gasteiger partial charge in [-0.25, -0.2) is 0 Å². The van der Waals surface area contributed by atoms with E-state index in [4.69, 9.17) is 10.3 Å². The summed E-state index contributed by atoms with van der Waals surface area (Å²) in [6.07, 6.45) is 0.644. The summed E-state index contributed by atoms with van der Waals surface area (Å²) >= 11 is 5.00. The molecule has 0 amide bonds. The molecular formula is C8H8BrN3OS. The van der Waals surface area contributed by atoms with Gasteiger partial charge >= 0.3 is 0 Å². The minimum Gasteiger partial charge on any atom is -0.334 e. The molecule has 0 fully saturated rings. The molecule has 0 aliphatic carbocycles. The number of thiophene rings is 1. The average molecular weight is 274 g/mol. The van der Waals surface area contributed by atoms with E-state index in [0.717, 1.165) is 9.35 Å². The molecule has 0 aliphatic rings. The summed E-state index contributed by atoms with van der Waals surface area (Å²) in [6, 6.07) is 1.94. The van der Waals surface area contributed by atoms with Crippen LogP contribution in [0.5, 0.6) is 0 Å². The topological polar surface area (TPSA) is 64.9 Å². The normalized spacial score (nSPS) is 10.7. The van der Waals surface area contributed by atoms with Gasteiger partial charge in [0.1, 0.15) is 0 Å². The third-order valence-electron chi connectivity index (χ3n) is 1.68. The Balaban J connectivity index is 2.29. The molecule has 0 aromatic carbocycles. The Morgan fingerprint density at radius 2 is 2.43 bits per heavy atom. The number of aromatic nitrogens is 2. The summed E-state index contributed by atoms with van der Waals surface area (Å²) in [5.41, 5.74) is 6.33. The molecule has 2 rings (SSSR count). The molecule has 74 valence electrons. The van der Waals surface area contributed by atoms with Crippen molar-refractivity contribution in [3.8, 4) is 11.5 Å². The third kappa shape index (κ3) is 1.87. The molecule has 0 aliphatic heterocycles. The van der Waals surface area contributed by atoms with E-state index in [0.29, 0.717) is 24.7 Å². The predicted octanol–water partition coefficient (Wildman–Crippen LogP) is 2.06. The minimum absolute atomic E-state index is 0.532. The molecule has 0 atom stereocenters. The number of hydrogen-bond acceptors (Lipinski definition) is 5. The highest BCUT2D eigenvalue weighted by molar-refractivity contribution is 9.11. The smallest absolute Gasteiger partial charge is 0.259 e. The maximum atomic E-state index is 5.39. The quantitative estimate of drug-likeness (QED) is 0.930. The van der Waals surface area contributed by atoms with Gasteiger partial charge in [0, 0.05) is 6.42 Å². The summed E-state index contributed by atoms with van der Waals surface area (Å²) in [5.74, 6) is 1.20.